The van der Waals surface area contributed by atoms with Crippen molar-refractivity contribution >= 4 is 17.3 Å². The van der Waals surface area contributed by atoms with E-state index in [1.54, 1.807) is 6.20 Å². The van der Waals surface area contributed by atoms with Crippen LogP contribution in [0.5, 0.6) is 0 Å². The Labute approximate surface area is 96.1 Å². The molecule has 2 N–H and O–H groups in total. The predicted octanol–water partition coefficient (Wildman–Crippen LogP) is 1.04. The van der Waals surface area contributed by atoms with Crippen molar-refractivity contribution in [3.63, 3.8) is 0 Å². The Morgan fingerprint density at radius 1 is 1.53 bits per heavy atom. The summed E-state index contributed by atoms with van der Waals surface area (Å²) in [6.07, 6.45) is 3.70. The Morgan fingerprint density at radius 3 is 2.80 bits per heavy atom. The Hall–Kier alpha value is -1.10. The van der Waals surface area contributed by atoms with E-state index in [0.29, 0.717) is 17.6 Å². The molecule has 1 rings (SSSR count). The van der Waals surface area contributed by atoms with E-state index in [-0.39, 0.29) is 0 Å². The van der Waals surface area contributed by atoms with Gasteiger partial charge in [0.25, 0.3) is 0 Å². The number of aromatic nitrogens is 2. The number of nitrogens with one attached hydrogen (secondary N) is 2. The van der Waals surface area contributed by atoms with E-state index in [1.807, 2.05) is 17.8 Å². The zero-order valence-corrected chi connectivity index (χ0v) is 10.3. The highest BCUT2D eigenvalue weighted by atomic mass is 32.1. The van der Waals surface area contributed by atoms with Crippen LogP contribution in [0.15, 0.2) is 12.4 Å². The van der Waals surface area contributed by atoms with Crippen LogP contribution >= 0.6 is 12.2 Å². The van der Waals surface area contributed by atoms with E-state index < -0.39 is 0 Å². The summed E-state index contributed by atoms with van der Waals surface area (Å²) >= 11 is 5.13. The molecule has 1 heterocycles. The summed E-state index contributed by atoms with van der Waals surface area (Å²) in [5, 5.41) is 6.95. The molecule has 4 nitrogen and oxygen atoms in total. The van der Waals surface area contributed by atoms with Crippen molar-refractivity contribution < 1.29 is 0 Å². The first kappa shape index (κ1) is 12.0. The van der Waals surface area contributed by atoms with E-state index in [2.05, 4.69) is 29.5 Å². The molecule has 0 saturated carbocycles. The molecular weight excluding hydrogens is 208 g/mol. The molecule has 0 atom stereocenters. The Bertz CT molecular complexity index is 319. The fourth-order valence-electron chi connectivity index (χ4n) is 1.09. The van der Waals surface area contributed by atoms with Gasteiger partial charge < -0.3 is 15.2 Å². The molecule has 0 aromatic carbocycles. The first-order valence-corrected chi connectivity index (χ1v) is 5.48. The summed E-state index contributed by atoms with van der Waals surface area (Å²) in [5.74, 6) is 1.57. The lowest BCUT2D eigenvalue weighted by atomic mass is 10.2. The fourth-order valence-corrected chi connectivity index (χ4v) is 1.24. The van der Waals surface area contributed by atoms with Gasteiger partial charge in [-0.2, -0.15) is 0 Å². The van der Waals surface area contributed by atoms with Crippen LogP contribution in [-0.4, -0.2) is 21.2 Å². The summed E-state index contributed by atoms with van der Waals surface area (Å²) in [5.41, 5.74) is 0. The number of rotatable bonds is 4. The maximum absolute atomic E-state index is 5.13. The van der Waals surface area contributed by atoms with Crippen LogP contribution < -0.4 is 10.6 Å². The molecule has 0 bridgehead atoms. The van der Waals surface area contributed by atoms with Crippen LogP contribution in [0.3, 0.4) is 0 Å². The van der Waals surface area contributed by atoms with Gasteiger partial charge in [0, 0.05) is 26.0 Å². The first-order valence-electron chi connectivity index (χ1n) is 5.07. The second-order valence-electron chi connectivity index (χ2n) is 3.91. The second-order valence-corrected chi connectivity index (χ2v) is 4.32. The quantitative estimate of drug-likeness (QED) is 0.753. The summed E-state index contributed by atoms with van der Waals surface area (Å²) in [4.78, 5) is 4.20. The number of hydrogen-bond donors (Lipinski definition) is 2. The monoisotopic (exact) mass is 226 g/mol. The highest BCUT2D eigenvalue weighted by Crippen LogP contribution is 1.93. The fraction of sp³-hybridized carbons (Fsp3) is 0.600. The van der Waals surface area contributed by atoms with Gasteiger partial charge in [-0.25, -0.2) is 4.98 Å². The predicted molar refractivity (Wildman–Crippen MR) is 65.5 cm³/mol. The molecular formula is C10H18N4S. The van der Waals surface area contributed by atoms with Crippen molar-refractivity contribution in [3.05, 3.63) is 18.2 Å². The Kier molecular flexibility index (Phi) is 4.55. The van der Waals surface area contributed by atoms with E-state index >= 15 is 0 Å². The largest absolute Gasteiger partial charge is 0.362 e. The minimum Gasteiger partial charge on any atom is -0.362 e. The molecule has 0 unspecified atom stereocenters. The molecule has 0 amide bonds. The van der Waals surface area contributed by atoms with Crippen molar-refractivity contribution in [2.24, 2.45) is 13.0 Å². The molecule has 0 aliphatic carbocycles. The lowest BCUT2D eigenvalue weighted by Gasteiger charge is -2.11. The van der Waals surface area contributed by atoms with E-state index in [0.717, 1.165) is 12.4 Å². The number of thiocarbonyl (C=S) groups is 1. The average molecular weight is 226 g/mol. The highest BCUT2D eigenvalue weighted by Gasteiger charge is 2.00. The number of imidazole rings is 1. The van der Waals surface area contributed by atoms with Crippen molar-refractivity contribution in [3.8, 4) is 0 Å². The maximum Gasteiger partial charge on any atom is 0.166 e. The smallest absolute Gasteiger partial charge is 0.166 e. The second kappa shape index (κ2) is 5.70. The number of hydrogen-bond acceptors (Lipinski definition) is 2. The third-order valence-electron chi connectivity index (χ3n) is 2.00. The topological polar surface area (TPSA) is 41.9 Å². The Balaban J connectivity index is 2.26. The first-order chi connectivity index (χ1) is 7.09. The average Bonchev–Trinajstić information content (AvgIpc) is 2.58. The summed E-state index contributed by atoms with van der Waals surface area (Å²) < 4.78 is 1.97. The van der Waals surface area contributed by atoms with Crippen molar-refractivity contribution in [1.29, 1.82) is 0 Å². The number of nitrogens with zero attached hydrogens (tertiary/aromatic N) is 2. The van der Waals surface area contributed by atoms with Gasteiger partial charge in [0.15, 0.2) is 5.11 Å². The Morgan fingerprint density at radius 2 is 2.27 bits per heavy atom. The van der Waals surface area contributed by atoms with E-state index in [9.17, 15) is 0 Å². The zero-order valence-electron chi connectivity index (χ0n) is 9.45. The number of aryl methyl sites for hydroxylation is 1. The third-order valence-corrected chi connectivity index (χ3v) is 2.29. The molecule has 0 aliphatic heterocycles. The summed E-state index contributed by atoms with van der Waals surface area (Å²) in [7, 11) is 1.97. The van der Waals surface area contributed by atoms with Gasteiger partial charge in [-0.3, -0.25) is 0 Å². The van der Waals surface area contributed by atoms with Crippen LogP contribution in [0.2, 0.25) is 0 Å². The van der Waals surface area contributed by atoms with Crippen LogP contribution in [0, 0.1) is 5.92 Å². The summed E-state index contributed by atoms with van der Waals surface area (Å²) in [6, 6.07) is 0. The van der Waals surface area contributed by atoms with Crippen molar-refractivity contribution in [2.45, 2.75) is 20.4 Å². The van der Waals surface area contributed by atoms with Crippen LogP contribution in [-0.2, 0) is 13.6 Å². The molecule has 15 heavy (non-hydrogen) atoms. The van der Waals surface area contributed by atoms with Crippen LogP contribution in [0.1, 0.15) is 19.7 Å². The van der Waals surface area contributed by atoms with Gasteiger partial charge in [-0.15, -0.1) is 0 Å². The van der Waals surface area contributed by atoms with Gasteiger partial charge in [0.2, 0.25) is 0 Å². The maximum atomic E-state index is 5.13. The standard InChI is InChI=1S/C10H18N4S/c1-8(2)6-12-10(15)13-7-9-11-4-5-14(9)3/h4-5,8H,6-7H2,1-3H3,(H2,12,13,15). The van der Waals surface area contributed by atoms with Gasteiger partial charge in [-0.1, -0.05) is 13.8 Å². The SMILES string of the molecule is CC(C)CNC(=S)NCc1nccn1C. The van der Waals surface area contributed by atoms with Gasteiger partial charge in [-0.05, 0) is 18.1 Å². The minimum absolute atomic E-state index is 0.595. The van der Waals surface area contributed by atoms with E-state index in [4.69, 9.17) is 12.2 Å². The van der Waals surface area contributed by atoms with Crippen LogP contribution in [0.25, 0.3) is 0 Å². The molecule has 0 radical (unpaired) electrons. The molecule has 0 saturated heterocycles. The molecule has 1 aromatic heterocycles. The highest BCUT2D eigenvalue weighted by molar-refractivity contribution is 7.80. The lowest BCUT2D eigenvalue weighted by Crippen LogP contribution is -2.37. The summed E-state index contributed by atoms with van der Waals surface area (Å²) in [6.45, 7) is 5.85. The molecule has 0 spiro atoms. The van der Waals surface area contributed by atoms with E-state index in [1.165, 1.54) is 0 Å². The minimum atomic E-state index is 0.595. The lowest BCUT2D eigenvalue weighted by molar-refractivity contribution is 0.617. The van der Waals surface area contributed by atoms with Gasteiger partial charge in [0.1, 0.15) is 5.82 Å². The molecule has 0 aliphatic rings. The van der Waals surface area contributed by atoms with Gasteiger partial charge in [0.05, 0.1) is 6.54 Å². The van der Waals surface area contributed by atoms with Crippen LogP contribution in [0.4, 0.5) is 0 Å². The molecule has 5 heteroatoms. The van der Waals surface area contributed by atoms with Gasteiger partial charge >= 0.3 is 0 Å². The normalized spacial score (nSPS) is 10.4. The van der Waals surface area contributed by atoms with Crippen molar-refractivity contribution in [1.82, 2.24) is 20.2 Å². The molecule has 0 fully saturated rings. The van der Waals surface area contributed by atoms with Crippen molar-refractivity contribution in [2.75, 3.05) is 6.54 Å². The molecule has 84 valence electrons. The third kappa shape index (κ3) is 4.29. The zero-order chi connectivity index (χ0) is 11.3. The molecule has 1 aromatic rings.